The Kier molecular flexibility index (Phi) is 9.51. The molecule has 3 rings (SSSR count). The lowest BCUT2D eigenvalue weighted by Crippen LogP contribution is -2.44. The smallest absolute Gasteiger partial charge is 0.269 e. The van der Waals surface area contributed by atoms with E-state index in [4.69, 9.17) is 14.2 Å². The predicted octanol–water partition coefficient (Wildman–Crippen LogP) is 3.80. The summed E-state index contributed by atoms with van der Waals surface area (Å²) >= 11 is 0. The molecule has 2 amide bonds. The molecule has 1 saturated heterocycles. The van der Waals surface area contributed by atoms with E-state index in [0.29, 0.717) is 35.2 Å². The minimum absolute atomic E-state index is 0.209. The van der Waals surface area contributed by atoms with E-state index in [9.17, 15) is 9.59 Å². The third-order valence-electron chi connectivity index (χ3n) is 5.79. The van der Waals surface area contributed by atoms with Gasteiger partial charge in [0.05, 0.1) is 25.9 Å². The summed E-state index contributed by atoms with van der Waals surface area (Å²) in [5.41, 5.74) is 6.86. The van der Waals surface area contributed by atoms with Crippen molar-refractivity contribution in [1.82, 2.24) is 15.8 Å². The van der Waals surface area contributed by atoms with E-state index in [1.807, 2.05) is 12.1 Å². The summed E-state index contributed by atoms with van der Waals surface area (Å²) in [4.78, 5) is 27.4. The average molecular weight is 484 g/mol. The third kappa shape index (κ3) is 7.97. The molecule has 0 aromatic heterocycles. The number of carbonyl (C=O) groups excluding carboxylic acids is 2. The first-order chi connectivity index (χ1) is 16.7. The van der Waals surface area contributed by atoms with Crippen LogP contribution in [0.1, 0.15) is 60.4 Å². The van der Waals surface area contributed by atoms with E-state index in [2.05, 4.69) is 43.4 Å². The van der Waals surface area contributed by atoms with Gasteiger partial charge >= 0.3 is 0 Å². The van der Waals surface area contributed by atoms with Crippen LogP contribution in [0.4, 0.5) is 0 Å². The molecular formula is C27H37N3O5. The Morgan fingerprint density at radius 2 is 1.57 bits per heavy atom. The van der Waals surface area contributed by atoms with E-state index < -0.39 is 5.91 Å². The monoisotopic (exact) mass is 483 g/mol. The quantitative estimate of drug-likeness (QED) is 0.528. The molecule has 1 aliphatic rings. The average Bonchev–Trinajstić information content (AvgIpc) is 2.82. The first kappa shape index (κ1) is 26.5. The van der Waals surface area contributed by atoms with Crippen LogP contribution >= 0.6 is 0 Å². The molecule has 0 bridgehead atoms. The second-order valence-electron chi connectivity index (χ2n) is 9.45. The van der Waals surface area contributed by atoms with Gasteiger partial charge in [-0.2, -0.15) is 0 Å². The molecule has 2 aromatic rings. The number of hydrogen-bond acceptors (Lipinski definition) is 6. The molecule has 0 spiro atoms. The van der Waals surface area contributed by atoms with E-state index in [1.165, 1.54) is 7.11 Å². The van der Waals surface area contributed by atoms with Crippen molar-refractivity contribution in [3.05, 3.63) is 59.2 Å². The molecule has 2 atom stereocenters. The SMILES string of the molecule is COc1cc(C(=O)NNC(=O)c2ccc(CN3CC(C)OC(C)C3)cc2)ccc1OCCC(C)C. The molecule has 1 aliphatic heterocycles. The highest BCUT2D eigenvalue weighted by atomic mass is 16.5. The van der Waals surface area contributed by atoms with Crippen molar-refractivity contribution in [2.45, 2.75) is 52.9 Å². The first-order valence-electron chi connectivity index (χ1n) is 12.1. The molecule has 35 heavy (non-hydrogen) atoms. The van der Waals surface area contributed by atoms with Crippen LogP contribution in [0.3, 0.4) is 0 Å². The Labute approximate surface area is 207 Å². The largest absolute Gasteiger partial charge is 0.493 e. The zero-order valence-corrected chi connectivity index (χ0v) is 21.3. The number of morpholine rings is 1. The van der Waals surface area contributed by atoms with Gasteiger partial charge < -0.3 is 14.2 Å². The van der Waals surface area contributed by atoms with Gasteiger partial charge in [-0.05, 0) is 62.1 Å². The van der Waals surface area contributed by atoms with Gasteiger partial charge in [0.25, 0.3) is 11.8 Å². The highest BCUT2D eigenvalue weighted by Gasteiger charge is 2.22. The summed E-state index contributed by atoms with van der Waals surface area (Å²) in [7, 11) is 1.53. The molecule has 8 heteroatoms. The van der Waals surface area contributed by atoms with E-state index >= 15 is 0 Å². The molecule has 2 unspecified atom stereocenters. The van der Waals surface area contributed by atoms with Crippen LogP contribution in [0, 0.1) is 5.92 Å². The summed E-state index contributed by atoms with van der Waals surface area (Å²) in [5.74, 6) is 0.738. The van der Waals surface area contributed by atoms with Gasteiger partial charge in [0.2, 0.25) is 0 Å². The lowest BCUT2D eigenvalue weighted by atomic mass is 10.1. The Balaban J connectivity index is 1.52. The van der Waals surface area contributed by atoms with Gasteiger partial charge in [-0.1, -0.05) is 26.0 Å². The van der Waals surface area contributed by atoms with Crippen LogP contribution in [0.25, 0.3) is 0 Å². The van der Waals surface area contributed by atoms with Gasteiger partial charge in [0.1, 0.15) is 0 Å². The molecular weight excluding hydrogens is 446 g/mol. The Bertz CT molecular complexity index is 983. The van der Waals surface area contributed by atoms with Crippen molar-refractivity contribution in [3.8, 4) is 11.5 Å². The van der Waals surface area contributed by atoms with Crippen molar-refractivity contribution < 1.29 is 23.8 Å². The molecule has 1 heterocycles. The maximum Gasteiger partial charge on any atom is 0.269 e. The molecule has 1 fully saturated rings. The summed E-state index contributed by atoms with van der Waals surface area (Å²) in [6.07, 6.45) is 1.34. The molecule has 0 aliphatic carbocycles. The normalized spacial score (nSPS) is 18.2. The summed E-state index contributed by atoms with van der Waals surface area (Å²) in [5, 5.41) is 0. The number of ether oxygens (including phenoxy) is 3. The first-order valence-corrected chi connectivity index (χ1v) is 12.1. The number of hydrazine groups is 1. The van der Waals surface area contributed by atoms with Crippen LogP contribution < -0.4 is 20.3 Å². The number of rotatable bonds is 9. The predicted molar refractivity (Wildman–Crippen MR) is 135 cm³/mol. The number of hydrogen-bond donors (Lipinski definition) is 2. The van der Waals surface area contributed by atoms with Crippen molar-refractivity contribution in [2.24, 2.45) is 5.92 Å². The molecule has 2 N–H and O–H groups in total. The number of carbonyl (C=O) groups is 2. The molecule has 0 saturated carbocycles. The summed E-state index contributed by atoms with van der Waals surface area (Å²) in [6.45, 7) is 11.6. The van der Waals surface area contributed by atoms with Crippen molar-refractivity contribution in [1.29, 1.82) is 0 Å². The van der Waals surface area contributed by atoms with Crippen LogP contribution in [-0.2, 0) is 11.3 Å². The molecule has 190 valence electrons. The highest BCUT2D eigenvalue weighted by molar-refractivity contribution is 5.99. The topological polar surface area (TPSA) is 89.1 Å². The van der Waals surface area contributed by atoms with Crippen LogP contribution in [0.2, 0.25) is 0 Å². The number of benzene rings is 2. The second kappa shape index (κ2) is 12.6. The molecule has 8 nitrogen and oxygen atoms in total. The molecule has 0 radical (unpaired) electrons. The fourth-order valence-corrected chi connectivity index (χ4v) is 4.02. The zero-order valence-electron chi connectivity index (χ0n) is 21.3. The maximum absolute atomic E-state index is 12.6. The third-order valence-corrected chi connectivity index (χ3v) is 5.79. The Morgan fingerprint density at radius 3 is 2.17 bits per heavy atom. The van der Waals surface area contributed by atoms with Crippen LogP contribution in [-0.4, -0.2) is 55.7 Å². The zero-order chi connectivity index (χ0) is 25.4. The summed E-state index contributed by atoms with van der Waals surface area (Å²) in [6, 6.07) is 12.3. The molecule has 2 aromatic carbocycles. The van der Waals surface area contributed by atoms with E-state index in [0.717, 1.165) is 31.6 Å². The van der Waals surface area contributed by atoms with Crippen molar-refractivity contribution in [3.63, 3.8) is 0 Å². The fourth-order valence-electron chi connectivity index (χ4n) is 4.02. The fraction of sp³-hybridized carbons (Fsp3) is 0.481. The van der Waals surface area contributed by atoms with Crippen molar-refractivity contribution >= 4 is 11.8 Å². The van der Waals surface area contributed by atoms with Crippen LogP contribution in [0.15, 0.2) is 42.5 Å². The minimum Gasteiger partial charge on any atom is -0.493 e. The number of methoxy groups -OCH3 is 1. The lowest BCUT2D eigenvalue weighted by Gasteiger charge is -2.35. The minimum atomic E-state index is -0.447. The Morgan fingerprint density at radius 1 is 0.971 bits per heavy atom. The number of nitrogens with one attached hydrogen (secondary N) is 2. The highest BCUT2D eigenvalue weighted by Crippen LogP contribution is 2.28. The number of amides is 2. The summed E-state index contributed by atoms with van der Waals surface area (Å²) < 4.78 is 16.9. The second-order valence-corrected chi connectivity index (χ2v) is 9.45. The Hall–Kier alpha value is -3.10. The van der Waals surface area contributed by atoms with Crippen LogP contribution in [0.5, 0.6) is 11.5 Å². The van der Waals surface area contributed by atoms with Crippen molar-refractivity contribution in [2.75, 3.05) is 26.8 Å². The number of nitrogens with zero attached hydrogens (tertiary/aromatic N) is 1. The standard InChI is InChI=1S/C27H37N3O5/c1-18(2)12-13-34-24-11-10-23(14-25(24)33-5)27(32)29-28-26(31)22-8-6-21(7-9-22)17-30-15-19(3)35-20(4)16-30/h6-11,14,18-20H,12-13,15-17H2,1-5H3,(H,28,31)(H,29,32). The van der Waals surface area contributed by atoms with Gasteiger partial charge in [0, 0.05) is 30.8 Å². The van der Waals surface area contributed by atoms with E-state index in [1.54, 1.807) is 30.3 Å². The van der Waals surface area contributed by atoms with Gasteiger partial charge in [-0.3, -0.25) is 25.3 Å². The van der Waals surface area contributed by atoms with E-state index in [-0.39, 0.29) is 18.1 Å². The lowest BCUT2D eigenvalue weighted by molar-refractivity contribution is -0.0704. The van der Waals surface area contributed by atoms with Gasteiger partial charge in [0.15, 0.2) is 11.5 Å². The van der Waals surface area contributed by atoms with Gasteiger partial charge in [-0.25, -0.2) is 0 Å². The van der Waals surface area contributed by atoms with Gasteiger partial charge in [-0.15, -0.1) is 0 Å². The maximum atomic E-state index is 12.6.